The number of nitrogens with zero attached hydrogens (tertiary/aromatic N) is 4. The van der Waals surface area contributed by atoms with E-state index in [1.54, 1.807) is 0 Å². The number of hydrogen-bond acceptors (Lipinski definition) is 4. The van der Waals surface area contributed by atoms with Crippen LogP contribution in [0.15, 0.2) is 17.0 Å². The van der Waals surface area contributed by atoms with E-state index >= 15 is 0 Å². The lowest BCUT2D eigenvalue weighted by Crippen LogP contribution is -2.19. The van der Waals surface area contributed by atoms with Gasteiger partial charge in [-0.3, -0.25) is 0 Å². The summed E-state index contributed by atoms with van der Waals surface area (Å²) in [4.78, 5) is 8.84. The van der Waals surface area contributed by atoms with Gasteiger partial charge in [-0.25, -0.2) is 4.98 Å². The molecule has 2 rings (SSSR count). The smallest absolute Gasteiger partial charge is 0.227 e. The third-order valence-corrected chi connectivity index (χ3v) is 3.67. The van der Waals surface area contributed by atoms with E-state index in [-0.39, 0.29) is 5.41 Å². The molecule has 0 spiro atoms. The number of rotatable bonds is 6. The standard InChI is InChI=1S/C17H28N4O/c1-13-19-15(22-20-13)10-17(5,6)9-14-11-21(12-18-14)8-7-16(2,3)4/h11-12H,7-10H2,1-6H3. The summed E-state index contributed by atoms with van der Waals surface area (Å²) in [6, 6.07) is 0. The molecular formula is C17H28N4O. The molecule has 0 radical (unpaired) electrons. The average Bonchev–Trinajstić information content (AvgIpc) is 2.94. The summed E-state index contributed by atoms with van der Waals surface area (Å²) in [5, 5.41) is 3.85. The fourth-order valence-corrected chi connectivity index (χ4v) is 2.46. The molecule has 0 amide bonds. The minimum absolute atomic E-state index is 0.0438. The average molecular weight is 304 g/mol. The summed E-state index contributed by atoms with van der Waals surface area (Å²) in [6.45, 7) is 14.1. The highest BCUT2D eigenvalue weighted by molar-refractivity contribution is 5.02. The fraction of sp³-hybridized carbons (Fsp3) is 0.706. The first kappa shape index (κ1) is 16.7. The Morgan fingerprint density at radius 2 is 1.86 bits per heavy atom. The predicted octanol–water partition coefficient (Wildman–Crippen LogP) is 3.82. The normalized spacial score (nSPS) is 12.8. The second-order valence-corrected chi connectivity index (χ2v) is 8.17. The van der Waals surface area contributed by atoms with Crippen LogP contribution in [-0.2, 0) is 19.4 Å². The van der Waals surface area contributed by atoms with Gasteiger partial charge >= 0.3 is 0 Å². The number of aromatic nitrogens is 4. The first-order valence-corrected chi connectivity index (χ1v) is 7.93. The molecule has 0 aromatic carbocycles. The molecule has 2 aromatic rings. The molecule has 5 nitrogen and oxygen atoms in total. The van der Waals surface area contributed by atoms with Crippen molar-refractivity contribution in [3.8, 4) is 0 Å². The van der Waals surface area contributed by atoms with E-state index in [4.69, 9.17) is 4.52 Å². The second kappa shape index (κ2) is 6.23. The highest BCUT2D eigenvalue weighted by Gasteiger charge is 2.23. The van der Waals surface area contributed by atoms with Gasteiger partial charge < -0.3 is 9.09 Å². The molecule has 0 fully saturated rings. The lowest BCUT2D eigenvalue weighted by Gasteiger charge is -2.21. The first-order chi connectivity index (χ1) is 10.1. The molecule has 0 saturated heterocycles. The van der Waals surface area contributed by atoms with Crippen LogP contribution in [0, 0.1) is 17.8 Å². The van der Waals surface area contributed by atoms with Gasteiger partial charge in [-0.15, -0.1) is 0 Å². The number of hydrogen-bond donors (Lipinski definition) is 0. The van der Waals surface area contributed by atoms with Crippen molar-refractivity contribution in [2.45, 2.75) is 67.3 Å². The molecule has 0 unspecified atom stereocenters. The van der Waals surface area contributed by atoms with Crippen LogP contribution < -0.4 is 0 Å². The van der Waals surface area contributed by atoms with Crippen LogP contribution in [0.2, 0.25) is 0 Å². The lowest BCUT2D eigenvalue weighted by atomic mass is 9.84. The van der Waals surface area contributed by atoms with Gasteiger partial charge in [0.2, 0.25) is 5.89 Å². The fourth-order valence-electron chi connectivity index (χ4n) is 2.46. The summed E-state index contributed by atoms with van der Waals surface area (Å²) in [6.07, 6.45) is 6.91. The third kappa shape index (κ3) is 5.28. The Bertz CT molecular complexity index is 604. The zero-order valence-electron chi connectivity index (χ0n) is 14.7. The summed E-state index contributed by atoms with van der Waals surface area (Å²) in [7, 11) is 0. The molecule has 2 heterocycles. The van der Waals surface area contributed by atoms with Gasteiger partial charge in [0.05, 0.1) is 12.0 Å². The predicted molar refractivity (Wildman–Crippen MR) is 86.5 cm³/mol. The molecule has 122 valence electrons. The maximum Gasteiger partial charge on any atom is 0.227 e. The van der Waals surface area contributed by atoms with Crippen molar-refractivity contribution in [2.75, 3.05) is 0 Å². The maximum atomic E-state index is 5.23. The molecule has 22 heavy (non-hydrogen) atoms. The SMILES string of the molecule is Cc1noc(CC(C)(C)Cc2cn(CCC(C)(C)C)cn2)n1. The number of imidazole rings is 1. The van der Waals surface area contributed by atoms with Gasteiger partial charge in [-0.1, -0.05) is 39.8 Å². The van der Waals surface area contributed by atoms with Crippen molar-refractivity contribution in [2.24, 2.45) is 10.8 Å². The van der Waals surface area contributed by atoms with Crippen LogP contribution in [0.1, 0.15) is 58.4 Å². The van der Waals surface area contributed by atoms with E-state index in [1.165, 1.54) is 0 Å². The Hall–Kier alpha value is -1.65. The maximum absolute atomic E-state index is 5.23. The minimum atomic E-state index is 0.0438. The summed E-state index contributed by atoms with van der Waals surface area (Å²) >= 11 is 0. The molecule has 0 aliphatic rings. The van der Waals surface area contributed by atoms with Crippen molar-refractivity contribution in [3.05, 3.63) is 29.9 Å². The monoisotopic (exact) mass is 304 g/mol. The summed E-state index contributed by atoms with van der Waals surface area (Å²) in [5.41, 5.74) is 1.51. The molecule has 0 bridgehead atoms. The van der Waals surface area contributed by atoms with Crippen LogP contribution in [-0.4, -0.2) is 19.7 Å². The summed E-state index contributed by atoms with van der Waals surface area (Å²) < 4.78 is 7.42. The Morgan fingerprint density at radius 1 is 1.14 bits per heavy atom. The van der Waals surface area contributed by atoms with Crippen molar-refractivity contribution >= 4 is 0 Å². The van der Waals surface area contributed by atoms with Crippen LogP contribution in [0.4, 0.5) is 0 Å². The molecule has 0 saturated carbocycles. The van der Waals surface area contributed by atoms with E-state index in [2.05, 4.69) is 60.5 Å². The van der Waals surface area contributed by atoms with Gasteiger partial charge in [0.25, 0.3) is 0 Å². The summed E-state index contributed by atoms with van der Waals surface area (Å²) in [5.74, 6) is 1.40. The van der Waals surface area contributed by atoms with Gasteiger partial charge in [0.1, 0.15) is 0 Å². The topological polar surface area (TPSA) is 56.7 Å². The Balaban J connectivity index is 1.93. The molecule has 0 aliphatic carbocycles. The Kier molecular flexibility index (Phi) is 4.73. The van der Waals surface area contributed by atoms with Crippen LogP contribution in [0.3, 0.4) is 0 Å². The Labute approximate surface area is 133 Å². The third-order valence-electron chi connectivity index (χ3n) is 3.67. The van der Waals surface area contributed by atoms with Gasteiger partial charge in [0.15, 0.2) is 5.82 Å². The molecule has 5 heteroatoms. The van der Waals surface area contributed by atoms with Crippen LogP contribution in [0.25, 0.3) is 0 Å². The first-order valence-electron chi connectivity index (χ1n) is 7.93. The van der Waals surface area contributed by atoms with Crippen molar-refractivity contribution in [1.29, 1.82) is 0 Å². The van der Waals surface area contributed by atoms with E-state index in [1.807, 2.05) is 13.3 Å². The minimum Gasteiger partial charge on any atom is -0.339 e. The lowest BCUT2D eigenvalue weighted by molar-refractivity contribution is 0.289. The van der Waals surface area contributed by atoms with Gasteiger partial charge in [-0.2, -0.15) is 4.98 Å². The van der Waals surface area contributed by atoms with Gasteiger partial charge in [-0.05, 0) is 30.6 Å². The van der Waals surface area contributed by atoms with E-state index < -0.39 is 0 Å². The second-order valence-electron chi connectivity index (χ2n) is 8.17. The molecule has 0 aliphatic heterocycles. The van der Waals surface area contributed by atoms with Crippen molar-refractivity contribution < 1.29 is 4.52 Å². The highest BCUT2D eigenvalue weighted by Crippen LogP contribution is 2.26. The van der Waals surface area contributed by atoms with Crippen LogP contribution in [0.5, 0.6) is 0 Å². The Morgan fingerprint density at radius 3 is 2.45 bits per heavy atom. The molecule has 2 aromatic heterocycles. The van der Waals surface area contributed by atoms with Gasteiger partial charge in [0, 0.05) is 19.2 Å². The van der Waals surface area contributed by atoms with Crippen molar-refractivity contribution in [3.63, 3.8) is 0 Å². The number of aryl methyl sites for hydroxylation is 2. The largest absolute Gasteiger partial charge is 0.339 e. The van der Waals surface area contributed by atoms with Crippen LogP contribution >= 0.6 is 0 Å². The zero-order valence-corrected chi connectivity index (χ0v) is 14.7. The van der Waals surface area contributed by atoms with Crippen molar-refractivity contribution in [1.82, 2.24) is 19.7 Å². The van der Waals surface area contributed by atoms with E-state index in [0.717, 1.165) is 31.5 Å². The molecule has 0 N–H and O–H groups in total. The van der Waals surface area contributed by atoms with E-state index in [0.29, 0.717) is 17.1 Å². The molecular weight excluding hydrogens is 276 g/mol. The van der Waals surface area contributed by atoms with E-state index in [9.17, 15) is 0 Å². The highest BCUT2D eigenvalue weighted by atomic mass is 16.5. The quantitative estimate of drug-likeness (QED) is 0.814. The molecule has 0 atom stereocenters. The zero-order chi connectivity index (χ0) is 16.4.